The summed E-state index contributed by atoms with van der Waals surface area (Å²) in [5.74, 6) is -0.447. The first-order chi connectivity index (χ1) is 5.22. The summed E-state index contributed by atoms with van der Waals surface area (Å²) in [6, 6.07) is 0. The predicted octanol–water partition coefficient (Wildman–Crippen LogP) is -0.309. The Morgan fingerprint density at radius 1 is 1.64 bits per heavy atom. The van der Waals surface area contributed by atoms with E-state index in [4.69, 9.17) is 5.73 Å². The SMILES string of the molecule is C=C(COC)C(=O)OCCN. The summed E-state index contributed by atoms with van der Waals surface area (Å²) < 4.78 is 9.34. The summed E-state index contributed by atoms with van der Waals surface area (Å²) in [6.45, 7) is 4.20. The normalized spacial score (nSPS) is 9.27. The van der Waals surface area contributed by atoms with Gasteiger partial charge in [-0.3, -0.25) is 0 Å². The smallest absolute Gasteiger partial charge is 0.335 e. The molecule has 0 fully saturated rings. The highest BCUT2D eigenvalue weighted by atomic mass is 16.5. The fraction of sp³-hybridized carbons (Fsp3) is 0.571. The van der Waals surface area contributed by atoms with Crippen LogP contribution in [0.2, 0.25) is 0 Å². The number of hydrogen-bond donors (Lipinski definition) is 1. The van der Waals surface area contributed by atoms with Crippen molar-refractivity contribution < 1.29 is 14.3 Å². The molecule has 4 nitrogen and oxygen atoms in total. The van der Waals surface area contributed by atoms with Gasteiger partial charge >= 0.3 is 5.97 Å². The Morgan fingerprint density at radius 2 is 2.27 bits per heavy atom. The van der Waals surface area contributed by atoms with Gasteiger partial charge in [0.05, 0.1) is 12.2 Å². The van der Waals surface area contributed by atoms with E-state index < -0.39 is 5.97 Å². The lowest BCUT2D eigenvalue weighted by Gasteiger charge is -2.03. The fourth-order valence-corrected chi connectivity index (χ4v) is 0.487. The Labute approximate surface area is 66.0 Å². The second kappa shape index (κ2) is 5.88. The maximum absolute atomic E-state index is 10.8. The molecule has 0 radical (unpaired) electrons. The predicted molar refractivity (Wildman–Crippen MR) is 41.0 cm³/mol. The zero-order valence-corrected chi connectivity index (χ0v) is 6.63. The van der Waals surface area contributed by atoms with E-state index in [0.29, 0.717) is 12.1 Å². The topological polar surface area (TPSA) is 61.5 Å². The van der Waals surface area contributed by atoms with E-state index in [1.54, 1.807) is 0 Å². The summed E-state index contributed by atoms with van der Waals surface area (Å²) in [5, 5.41) is 0. The lowest BCUT2D eigenvalue weighted by molar-refractivity contribution is -0.139. The van der Waals surface area contributed by atoms with Gasteiger partial charge in [-0.1, -0.05) is 6.58 Å². The Hall–Kier alpha value is -0.870. The standard InChI is InChI=1S/C7H13NO3/c1-6(5-10-2)7(9)11-4-3-8/h1,3-5,8H2,2H3. The number of rotatable bonds is 5. The highest BCUT2D eigenvalue weighted by molar-refractivity contribution is 5.87. The Bertz CT molecular complexity index is 145. The molecule has 0 aliphatic carbocycles. The lowest BCUT2D eigenvalue weighted by Crippen LogP contribution is -2.16. The average Bonchev–Trinajstić information content (AvgIpc) is 2.00. The highest BCUT2D eigenvalue weighted by Crippen LogP contribution is 1.93. The van der Waals surface area contributed by atoms with Crippen molar-refractivity contribution in [3.63, 3.8) is 0 Å². The lowest BCUT2D eigenvalue weighted by atomic mass is 10.3. The van der Waals surface area contributed by atoms with Crippen LogP contribution in [0.25, 0.3) is 0 Å². The molecule has 4 heteroatoms. The largest absolute Gasteiger partial charge is 0.461 e. The molecule has 0 heterocycles. The number of esters is 1. The molecule has 0 saturated heterocycles. The number of nitrogens with two attached hydrogens (primary N) is 1. The first-order valence-electron chi connectivity index (χ1n) is 3.26. The third kappa shape index (κ3) is 4.52. The van der Waals surface area contributed by atoms with Crippen molar-refractivity contribution in [2.45, 2.75) is 0 Å². The first-order valence-corrected chi connectivity index (χ1v) is 3.26. The van der Waals surface area contributed by atoms with E-state index in [2.05, 4.69) is 16.1 Å². The quantitative estimate of drug-likeness (QED) is 0.441. The van der Waals surface area contributed by atoms with Gasteiger partial charge in [-0.05, 0) is 0 Å². The van der Waals surface area contributed by atoms with Crippen LogP contribution in [-0.2, 0) is 14.3 Å². The Kier molecular flexibility index (Phi) is 5.42. The molecule has 0 atom stereocenters. The van der Waals surface area contributed by atoms with Gasteiger partial charge in [0, 0.05) is 13.7 Å². The Balaban J connectivity index is 3.56. The van der Waals surface area contributed by atoms with Gasteiger partial charge < -0.3 is 15.2 Å². The minimum atomic E-state index is -0.447. The number of ether oxygens (including phenoxy) is 2. The van der Waals surface area contributed by atoms with Crippen LogP contribution in [0, 0.1) is 0 Å². The van der Waals surface area contributed by atoms with Crippen LogP contribution in [0.1, 0.15) is 0 Å². The van der Waals surface area contributed by atoms with Crippen LogP contribution in [0.3, 0.4) is 0 Å². The van der Waals surface area contributed by atoms with Crippen molar-refractivity contribution in [3.05, 3.63) is 12.2 Å². The number of carbonyl (C=O) groups excluding carboxylic acids is 1. The van der Waals surface area contributed by atoms with E-state index >= 15 is 0 Å². The molecule has 0 aromatic rings. The third-order valence-corrected chi connectivity index (χ3v) is 0.958. The number of hydrogen-bond acceptors (Lipinski definition) is 4. The molecule has 64 valence electrons. The van der Waals surface area contributed by atoms with Crippen LogP contribution in [0.5, 0.6) is 0 Å². The number of carbonyl (C=O) groups is 1. The van der Waals surface area contributed by atoms with Crippen LogP contribution in [0.4, 0.5) is 0 Å². The maximum atomic E-state index is 10.8. The summed E-state index contributed by atoms with van der Waals surface area (Å²) in [7, 11) is 1.49. The monoisotopic (exact) mass is 159 g/mol. The highest BCUT2D eigenvalue weighted by Gasteiger charge is 2.06. The van der Waals surface area contributed by atoms with Gasteiger partial charge in [0.1, 0.15) is 6.61 Å². The molecule has 2 N–H and O–H groups in total. The van der Waals surface area contributed by atoms with Gasteiger partial charge in [0.2, 0.25) is 0 Å². The average molecular weight is 159 g/mol. The van der Waals surface area contributed by atoms with E-state index in [-0.39, 0.29) is 13.2 Å². The molecule has 0 bridgehead atoms. The van der Waals surface area contributed by atoms with Crippen molar-refractivity contribution in [2.24, 2.45) is 5.73 Å². The van der Waals surface area contributed by atoms with Gasteiger partial charge in [-0.2, -0.15) is 0 Å². The molecule has 0 aromatic heterocycles. The van der Waals surface area contributed by atoms with Crippen LogP contribution in [-0.4, -0.2) is 32.8 Å². The number of methoxy groups -OCH3 is 1. The molecule has 0 unspecified atom stereocenters. The van der Waals surface area contributed by atoms with Crippen LogP contribution >= 0.6 is 0 Å². The van der Waals surface area contributed by atoms with Gasteiger partial charge in [0.25, 0.3) is 0 Å². The van der Waals surface area contributed by atoms with Gasteiger partial charge in [-0.15, -0.1) is 0 Å². The van der Waals surface area contributed by atoms with Crippen molar-refractivity contribution in [2.75, 3.05) is 26.9 Å². The van der Waals surface area contributed by atoms with E-state index in [1.165, 1.54) is 7.11 Å². The van der Waals surface area contributed by atoms with Gasteiger partial charge in [-0.25, -0.2) is 4.79 Å². The molecule has 0 saturated carbocycles. The van der Waals surface area contributed by atoms with Gasteiger partial charge in [0.15, 0.2) is 0 Å². The molecule has 0 amide bonds. The molecular weight excluding hydrogens is 146 g/mol. The van der Waals surface area contributed by atoms with Crippen molar-refractivity contribution in [1.29, 1.82) is 0 Å². The van der Waals surface area contributed by atoms with Crippen molar-refractivity contribution >= 4 is 5.97 Å². The molecule has 0 rings (SSSR count). The molecule has 0 aliphatic rings. The second-order valence-electron chi connectivity index (χ2n) is 1.96. The summed E-state index contributed by atoms with van der Waals surface area (Å²) in [5.41, 5.74) is 5.42. The van der Waals surface area contributed by atoms with E-state index in [1.807, 2.05) is 0 Å². The summed E-state index contributed by atoms with van der Waals surface area (Å²) >= 11 is 0. The second-order valence-corrected chi connectivity index (χ2v) is 1.96. The zero-order chi connectivity index (χ0) is 8.69. The molecule has 11 heavy (non-hydrogen) atoms. The minimum absolute atomic E-state index is 0.198. The Morgan fingerprint density at radius 3 is 2.73 bits per heavy atom. The molecule has 0 aliphatic heterocycles. The van der Waals surface area contributed by atoms with E-state index in [0.717, 1.165) is 0 Å². The molecular formula is C7H13NO3. The van der Waals surface area contributed by atoms with Crippen molar-refractivity contribution in [1.82, 2.24) is 0 Å². The van der Waals surface area contributed by atoms with Crippen molar-refractivity contribution in [3.8, 4) is 0 Å². The molecule has 0 spiro atoms. The molecule has 0 aromatic carbocycles. The summed E-state index contributed by atoms with van der Waals surface area (Å²) in [4.78, 5) is 10.8. The fourth-order valence-electron chi connectivity index (χ4n) is 0.487. The maximum Gasteiger partial charge on any atom is 0.335 e. The van der Waals surface area contributed by atoms with E-state index in [9.17, 15) is 4.79 Å². The third-order valence-electron chi connectivity index (χ3n) is 0.958. The van der Waals surface area contributed by atoms with Crippen LogP contribution in [0.15, 0.2) is 12.2 Å². The van der Waals surface area contributed by atoms with Crippen LogP contribution < -0.4 is 5.73 Å². The zero-order valence-electron chi connectivity index (χ0n) is 6.63. The summed E-state index contributed by atoms with van der Waals surface area (Å²) in [6.07, 6.45) is 0. The first kappa shape index (κ1) is 10.1. The minimum Gasteiger partial charge on any atom is -0.461 e.